The Balaban J connectivity index is 1.31. The summed E-state index contributed by atoms with van der Waals surface area (Å²) in [6, 6.07) is 14.2. The van der Waals surface area contributed by atoms with Crippen LogP contribution in [0.2, 0.25) is 0 Å². The molecule has 1 N–H and O–H groups in total. The number of aromatic nitrogens is 2. The van der Waals surface area contributed by atoms with Crippen LogP contribution in [0, 0.1) is 26.7 Å². The van der Waals surface area contributed by atoms with E-state index in [9.17, 15) is 4.79 Å². The van der Waals surface area contributed by atoms with Crippen molar-refractivity contribution in [2.75, 3.05) is 18.4 Å². The highest BCUT2D eigenvalue weighted by Crippen LogP contribution is 2.24. The van der Waals surface area contributed by atoms with Crippen LogP contribution < -0.4 is 5.32 Å². The van der Waals surface area contributed by atoms with E-state index < -0.39 is 0 Å². The molecule has 0 aliphatic carbocycles. The molecule has 2 aromatic carbocycles. The fourth-order valence-corrected chi connectivity index (χ4v) is 3.92. The first-order valence-corrected chi connectivity index (χ1v) is 10.5. The van der Waals surface area contributed by atoms with Gasteiger partial charge in [0.1, 0.15) is 0 Å². The van der Waals surface area contributed by atoms with Gasteiger partial charge in [-0.3, -0.25) is 9.69 Å². The number of hydrogen-bond donors (Lipinski definition) is 1. The number of carbonyl (C=O) groups is 1. The van der Waals surface area contributed by atoms with E-state index >= 15 is 0 Å². The van der Waals surface area contributed by atoms with Crippen molar-refractivity contribution < 1.29 is 9.32 Å². The summed E-state index contributed by atoms with van der Waals surface area (Å²) >= 11 is 0. The van der Waals surface area contributed by atoms with Crippen molar-refractivity contribution in [3.63, 3.8) is 0 Å². The highest BCUT2D eigenvalue weighted by Gasteiger charge is 2.26. The Morgan fingerprint density at radius 1 is 1.07 bits per heavy atom. The molecule has 0 bridgehead atoms. The predicted molar refractivity (Wildman–Crippen MR) is 117 cm³/mol. The van der Waals surface area contributed by atoms with E-state index in [0.717, 1.165) is 48.3 Å². The van der Waals surface area contributed by atoms with Gasteiger partial charge in [0.05, 0.1) is 6.54 Å². The van der Waals surface area contributed by atoms with E-state index in [1.807, 2.05) is 56.3 Å². The molecule has 6 heteroatoms. The molecule has 0 radical (unpaired) electrons. The number of carbonyl (C=O) groups excluding carboxylic acids is 1. The zero-order valence-electron chi connectivity index (χ0n) is 17.8. The van der Waals surface area contributed by atoms with Crippen LogP contribution in [0.4, 0.5) is 5.69 Å². The average molecular weight is 405 g/mol. The van der Waals surface area contributed by atoms with Gasteiger partial charge in [0.2, 0.25) is 17.6 Å². The largest absolute Gasteiger partial charge is 0.338 e. The Hall–Kier alpha value is -2.99. The SMILES string of the molecule is Cc1ccc(-c2noc(CN3CCC(C(=O)Nc4c(C)cccc4C)CC3)n2)cc1. The Labute approximate surface area is 177 Å². The highest BCUT2D eigenvalue weighted by molar-refractivity contribution is 5.94. The quantitative estimate of drug-likeness (QED) is 0.677. The molecule has 1 saturated heterocycles. The summed E-state index contributed by atoms with van der Waals surface area (Å²) in [4.78, 5) is 19.6. The highest BCUT2D eigenvalue weighted by atomic mass is 16.5. The molecule has 0 spiro atoms. The minimum atomic E-state index is 0.0334. The lowest BCUT2D eigenvalue weighted by atomic mass is 9.95. The van der Waals surface area contributed by atoms with Crippen molar-refractivity contribution >= 4 is 11.6 Å². The van der Waals surface area contributed by atoms with Crippen LogP contribution >= 0.6 is 0 Å². The molecule has 6 nitrogen and oxygen atoms in total. The first-order valence-electron chi connectivity index (χ1n) is 10.5. The van der Waals surface area contributed by atoms with Crippen LogP contribution in [0.5, 0.6) is 0 Å². The Kier molecular flexibility index (Phi) is 5.95. The van der Waals surface area contributed by atoms with Crippen molar-refractivity contribution in [1.29, 1.82) is 0 Å². The maximum absolute atomic E-state index is 12.8. The standard InChI is InChI=1S/C24H28N4O2/c1-16-7-9-19(10-8-16)23-25-21(30-27-23)15-28-13-11-20(12-14-28)24(29)26-22-17(2)5-4-6-18(22)3/h4-10,20H,11-15H2,1-3H3,(H,26,29). The van der Waals surface area contributed by atoms with Gasteiger partial charge in [0, 0.05) is 17.2 Å². The van der Waals surface area contributed by atoms with E-state index in [1.54, 1.807) is 0 Å². The van der Waals surface area contributed by atoms with Gasteiger partial charge in [-0.1, -0.05) is 53.2 Å². The summed E-state index contributed by atoms with van der Waals surface area (Å²) < 4.78 is 5.45. The average Bonchev–Trinajstić information content (AvgIpc) is 3.20. The lowest BCUT2D eigenvalue weighted by molar-refractivity contribution is -0.121. The maximum atomic E-state index is 12.8. The summed E-state index contributed by atoms with van der Waals surface area (Å²) in [7, 11) is 0. The normalized spacial score (nSPS) is 15.3. The van der Waals surface area contributed by atoms with Crippen LogP contribution in [-0.4, -0.2) is 34.0 Å². The minimum Gasteiger partial charge on any atom is -0.338 e. The summed E-state index contributed by atoms with van der Waals surface area (Å²) in [6.45, 7) is 8.41. The molecule has 1 aromatic heterocycles. The van der Waals surface area contributed by atoms with E-state index in [2.05, 4.69) is 27.3 Å². The monoisotopic (exact) mass is 404 g/mol. The number of amides is 1. The van der Waals surface area contributed by atoms with E-state index in [0.29, 0.717) is 18.3 Å². The smallest absolute Gasteiger partial charge is 0.241 e. The zero-order chi connectivity index (χ0) is 21.1. The lowest BCUT2D eigenvalue weighted by Crippen LogP contribution is -2.38. The molecule has 0 unspecified atom stereocenters. The van der Waals surface area contributed by atoms with Gasteiger partial charge in [-0.15, -0.1) is 0 Å². The van der Waals surface area contributed by atoms with Gasteiger partial charge < -0.3 is 9.84 Å². The molecule has 0 saturated carbocycles. The number of benzene rings is 2. The molecule has 1 aliphatic heterocycles. The number of nitrogens with zero attached hydrogens (tertiary/aromatic N) is 3. The maximum Gasteiger partial charge on any atom is 0.241 e. The zero-order valence-corrected chi connectivity index (χ0v) is 17.8. The molecule has 1 fully saturated rings. The summed E-state index contributed by atoms with van der Waals surface area (Å²) in [5.41, 5.74) is 5.30. The third-order valence-electron chi connectivity index (χ3n) is 5.82. The third kappa shape index (κ3) is 4.60. The lowest BCUT2D eigenvalue weighted by Gasteiger charge is -2.30. The van der Waals surface area contributed by atoms with Crippen molar-refractivity contribution in [3.05, 3.63) is 65.0 Å². The third-order valence-corrected chi connectivity index (χ3v) is 5.82. The van der Waals surface area contributed by atoms with Crippen molar-refractivity contribution in [2.24, 2.45) is 5.92 Å². The molecule has 30 heavy (non-hydrogen) atoms. The summed E-state index contributed by atoms with van der Waals surface area (Å²) in [6.07, 6.45) is 1.66. The van der Waals surface area contributed by atoms with Crippen LogP contribution in [-0.2, 0) is 11.3 Å². The van der Waals surface area contributed by atoms with Gasteiger partial charge in [-0.2, -0.15) is 4.98 Å². The number of nitrogens with one attached hydrogen (secondary N) is 1. The number of hydrogen-bond acceptors (Lipinski definition) is 5. The van der Waals surface area contributed by atoms with Gasteiger partial charge in [-0.25, -0.2) is 0 Å². The molecule has 156 valence electrons. The number of piperidine rings is 1. The minimum absolute atomic E-state index is 0.0334. The fourth-order valence-electron chi connectivity index (χ4n) is 3.92. The molecule has 0 atom stereocenters. The second-order valence-electron chi connectivity index (χ2n) is 8.18. The van der Waals surface area contributed by atoms with Crippen molar-refractivity contribution in [2.45, 2.75) is 40.2 Å². The fraction of sp³-hybridized carbons (Fsp3) is 0.375. The first-order chi connectivity index (χ1) is 14.5. The van der Waals surface area contributed by atoms with Gasteiger partial charge in [-0.05, 0) is 57.8 Å². The Morgan fingerprint density at radius 2 is 1.73 bits per heavy atom. The molecule has 3 aromatic rings. The van der Waals surface area contributed by atoms with E-state index in [-0.39, 0.29) is 11.8 Å². The molecular weight excluding hydrogens is 376 g/mol. The van der Waals surface area contributed by atoms with E-state index in [1.165, 1.54) is 5.56 Å². The second kappa shape index (κ2) is 8.79. The topological polar surface area (TPSA) is 71.3 Å². The van der Waals surface area contributed by atoms with Crippen molar-refractivity contribution in [1.82, 2.24) is 15.0 Å². The van der Waals surface area contributed by atoms with Gasteiger partial charge in [0.25, 0.3) is 0 Å². The van der Waals surface area contributed by atoms with Crippen LogP contribution in [0.25, 0.3) is 11.4 Å². The molecular formula is C24H28N4O2. The Morgan fingerprint density at radius 3 is 2.40 bits per heavy atom. The van der Waals surface area contributed by atoms with Gasteiger partial charge in [0.15, 0.2) is 0 Å². The molecule has 4 rings (SSSR count). The molecule has 2 heterocycles. The van der Waals surface area contributed by atoms with Crippen LogP contribution in [0.1, 0.15) is 35.4 Å². The van der Waals surface area contributed by atoms with Crippen LogP contribution in [0.15, 0.2) is 47.0 Å². The van der Waals surface area contributed by atoms with Gasteiger partial charge >= 0.3 is 0 Å². The van der Waals surface area contributed by atoms with E-state index in [4.69, 9.17) is 4.52 Å². The van der Waals surface area contributed by atoms with Crippen molar-refractivity contribution in [3.8, 4) is 11.4 Å². The van der Waals surface area contributed by atoms with Crippen LogP contribution in [0.3, 0.4) is 0 Å². The number of para-hydroxylation sites is 1. The molecule has 1 amide bonds. The summed E-state index contributed by atoms with van der Waals surface area (Å²) in [5, 5.41) is 7.25. The number of aryl methyl sites for hydroxylation is 3. The first kappa shape index (κ1) is 20.3. The predicted octanol–water partition coefficient (Wildman–Crippen LogP) is 4.51. The second-order valence-corrected chi connectivity index (χ2v) is 8.18. The number of rotatable bonds is 5. The molecule has 1 aliphatic rings. The number of likely N-dealkylation sites (tertiary alicyclic amines) is 1. The Bertz CT molecular complexity index is 998. The summed E-state index contributed by atoms with van der Waals surface area (Å²) in [5.74, 6) is 1.38. The number of anilines is 1.